The lowest BCUT2D eigenvalue weighted by Gasteiger charge is -1.99. The highest BCUT2D eigenvalue weighted by Gasteiger charge is 2.13. The van der Waals surface area contributed by atoms with Crippen LogP contribution in [0.15, 0.2) is 48.5 Å². The third kappa shape index (κ3) is 1.64. The summed E-state index contributed by atoms with van der Waals surface area (Å²) in [5.41, 5.74) is 2.10. The zero-order chi connectivity index (χ0) is 12.8. The molecule has 4 aromatic rings. The molecule has 0 spiro atoms. The van der Waals surface area contributed by atoms with Crippen LogP contribution in [0.2, 0.25) is 5.02 Å². The van der Waals surface area contributed by atoms with E-state index in [4.69, 9.17) is 11.6 Å². The standard InChI is InChI=1S/C14H8ClN3S/c15-10-5-3-4-9(8-10)13-16-17-14-18(13)11-6-1-2-7-12(11)19-14/h1-8H. The van der Waals surface area contributed by atoms with Gasteiger partial charge in [-0.05, 0) is 24.3 Å². The first-order valence-corrected chi connectivity index (χ1v) is 7.01. The van der Waals surface area contributed by atoms with Crippen molar-refractivity contribution in [3.63, 3.8) is 0 Å². The van der Waals surface area contributed by atoms with Gasteiger partial charge in [-0.3, -0.25) is 4.40 Å². The Morgan fingerprint density at radius 2 is 1.89 bits per heavy atom. The van der Waals surface area contributed by atoms with E-state index < -0.39 is 0 Å². The summed E-state index contributed by atoms with van der Waals surface area (Å²) in [6.45, 7) is 0. The third-order valence-electron chi connectivity index (χ3n) is 3.02. The second kappa shape index (κ2) is 4.05. The van der Waals surface area contributed by atoms with Crippen LogP contribution >= 0.6 is 22.9 Å². The number of thiazole rings is 1. The zero-order valence-electron chi connectivity index (χ0n) is 9.75. The molecule has 5 heteroatoms. The van der Waals surface area contributed by atoms with Crippen LogP contribution in [-0.2, 0) is 0 Å². The molecule has 0 fully saturated rings. The Bertz CT molecular complexity index is 894. The topological polar surface area (TPSA) is 30.2 Å². The second-order valence-electron chi connectivity index (χ2n) is 4.22. The summed E-state index contributed by atoms with van der Waals surface area (Å²) in [5.74, 6) is 0.829. The maximum atomic E-state index is 6.05. The molecule has 0 bridgehead atoms. The molecular weight excluding hydrogens is 278 g/mol. The molecule has 4 rings (SSSR count). The number of nitrogens with zero attached hydrogens (tertiary/aromatic N) is 3. The van der Waals surface area contributed by atoms with Crippen molar-refractivity contribution in [3.05, 3.63) is 53.6 Å². The lowest BCUT2D eigenvalue weighted by molar-refractivity contribution is 1.12. The van der Waals surface area contributed by atoms with Gasteiger partial charge in [0, 0.05) is 10.6 Å². The van der Waals surface area contributed by atoms with Crippen molar-refractivity contribution in [2.24, 2.45) is 0 Å². The van der Waals surface area contributed by atoms with Gasteiger partial charge in [0.1, 0.15) is 0 Å². The Kier molecular flexibility index (Phi) is 2.33. The number of hydrogen-bond donors (Lipinski definition) is 0. The monoisotopic (exact) mass is 285 g/mol. The summed E-state index contributed by atoms with van der Waals surface area (Å²) < 4.78 is 3.28. The van der Waals surface area contributed by atoms with Gasteiger partial charge in [-0.25, -0.2) is 0 Å². The van der Waals surface area contributed by atoms with Gasteiger partial charge in [0.05, 0.1) is 10.2 Å². The smallest absolute Gasteiger partial charge is 0.217 e. The van der Waals surface area contributed by atoms with Crippen molar-refractivity contribution in [1.29, 1.82) is 0 Å². The van der Waals surface area contributed by atoms with Gasteiger partial charge >= 0.3 is 0 Å². The van der Waals surface area contributed by atoms with E-state index in [-0.39, 0.29) is 0 Å². The molecule has 0 unspecified atom stereocenters. The van der Waals surface area contributed by atoms with Gasteiger partial charge in [-0.15, -0.1) is 10.2 Å². The quantitative estimate of drug-likeness (QED) is 0.523. The number of aromatic nitrogens is 3. The van der Waals surface area contributed by atoms with E-state index in [0.717, 1.165) is 21.9 Å². The van der Waals surface area contributed by atoms with E-state index >= 15 is 0 Å². The summed E-state index contributed by atoms with van der Waals surface area (Å²) >= 11 is 7.69. The van der Waals surface area contributed by atoms with E-state index in [2.05, 4.69) is 26.7 Å². The van der Waals surface area contributed by atoms with Crippen LogP contribution in [-0.4, -0.2) is 14.6 Å². The molecular formula is C14H8ClN3S. The SMILES string of the molecule is Clc1cccc(-c2nnc3sc4ccccc4n23)c1. The highest BCUT2D eigenvalue weighted by Crippen LogP contribution is 2.30. The van der Waals surface area contributed by atoms with Gasteiger partial charge in [-0.1, -0.05) is 47.2 Å². The van der Waals surface area contributed by atoms with Crippen LogP contribution < -0.4 is 0 Å². The number of halogens is 1. The summed E-state index contributed by atoms with van der Waals surface area (Å²) in [6, 6.07) is 15.9. The molecule has 19 heavy (non-hydrogen) atoms. The summed E-state index contributed by atoms with van der Waals surface area (Å²) in [5, 5.41) is 9.23. The minimum absolute atomic E-state index is 0.703. The summed E-state index contributed by atoms with van der Waals surface area (Å²) in [4.78, 5) is 0.899. The Balaban J connectivity index is 2.10. The molecule has 0 atom stereocenters. The molecule has 2 aromatic heterocycles. The molecule has 0 aliphatic carbocycles. The number of hydrogen-bond acceptors (Lipinski definition) is 3. The zero-order valence-corrected chi connectivity index (χ0v) is 11.3. The predicted octanol–water partition coefficient (Wildman–Crippen LogP) is 4.26. The van der Waals surface area contributed by atoms with Crippen molar-refractivity contribution >= 4 is 38.1 Å². The first kappa shape index (κ1) is 11.0. The van der Waals surface area contributed by atoms with Gasteiger partial charge in [0.25, 0.3) is 0 Å². The molecule has 92 valence electrons. The van der Waals surface area contributed by atoms with Crippen LogP contribution in [0.25, 0.3) is 26.6 Å². The maximum Gasteiger partial charge on any atom is 0.217 e. The van der Waals surface area contributed by atoms with E-state index in [1.165, 1.54) is 4.70 Å². The van der Waals surface area contributed by atoms with Crippen molar-refractivity contribution in [2.45, 2.75) is 0 Å². The van der Waals surface area contributed by atoms with Crippen LogP contribution in [0.4, 0.5) is 0 Å². The minimum Gasteiger partial charge on any atom is -0.265 e. The van der Waals surface area contributed by atoms with Gasteiger partial charge in [0.15, 0.2) is 5.82 Å². The van der Waals surface area contributed by atoms with Crippen molar-refractivity contribution in [1.82, 2.24) is 14.6 Å². The molecule has 0 saturated heterocycles. The minimum atomic E-state index is 0.703. The van der Waals surface area contributed by atoms with Gasteiger partial charge < -0.3 is 0 Å². The van der Waals surface area contributed by atoms with E-state index in [1.807, 2.05) is 36.4 Å². The Hall–Kier alpha value is -1.91. The highest BCUT2D eigenvalue weighted by atomic mass is 35.5. The average molecular weight is 286 g/mol. The molecule has 0 aliphatic heterocycles. The van der Waals surface area contributed by atoms with Crippen LogP contribution in [0.1, 0.15) is 0 Å². The number of rotatable bonds is 1. The van der Waals surface area contributed by atoms with Gasteiger partial charge in [0.2, 0.25) is 4.96 Å². The van der Waals surface area contributed by atoms with Gasteiger partial charge in [-0.2, -0.15) is 0 Å². The Labute approximate surface area is 118 Å². The molecule has 0 amide bonds. The van der Waals surface area contributed by atoms with Crippen LogP contribution in [0, 0.1) is 0 Å². The summed E-state index contributed by atoms with van der Waals surface area (Å²) in [6.07, 6.45) is 0. The molecule has 0 N–H and O–H groups in total. The molecule has 0 saturated carbocycles. The third-order valence-corrected chi connectivity index (χ3v) is 4.27. The van der Waals surface area contributed by atoms with Crippen molar-refractivity contribution in [2.75, 3.05) is 0 Å². The van der Waals surface area contributed by atoms with E-state index in [9.17, 15) is 0 Å². The van der Waals surface area contributed by atoms with E-state index in [0.29, 0.717) is 5.02 Å². The molecule has 0 aliphatic rings. The molecule has 3 nitrogen and oxygen atoms in total. The fraction of sp³-hybridized carbons (Fsp3) is 0. The highest BCUT2D eigenvalue weighted by molar-refractivity contribution is 7.23. The summed E-state index contributed by atoms with van der Waals surface area (Å²) in [7, 11) is 0. The second-order valence-corrected chi connectivity index (χ2v) is 5.67. The van der Waals surface area contributed by atoms with Crippen molar-refractivity contribution < 1.29 is 0 Å². The number of fused-ring (bicyclic) bond motifs is 3. The number of para-hydroxylation sites is 1. The van der Waals surface area contributed by atoms with Crippen LogP contribution in [0.3, 0.4) is 0 Å². The predicted molar refractivity (Wildman–Crippen MR) is 78.8 cm³/mol. The fourth-order valence-electron chi connectivity index (χ4n) is 2.19. The van der Waals surface area contributed by atoms with E-state index in [1.54, 1.807) is 11.3 Å². The number of benzene rings is 2. The molecule has 0 radical (unpaired) electrons. The Morgan fingerprint density at radius 1 is 1.00 bits per heavy atom. The lowest BCUT2D eigenvalue weighted by Crippen LogP contribution is -1.87. The maximum absolute atomic E-state index is 6.05. The Morgan fingerprint density at radius 3 is 2.79 bits per heavy atom. The fourth-order valence-corrected chi connectivity index (χ4v) is 3.35. The normalized spacial score (nSPS) is 11.4. The largest absolute Gasteiger partial charge is 0.265 e. The van der Waals surface area contributed by atoms with Crippen LogP contribution in [0.5, 0.6) is 0 Å². The average Bonchev–Trinajstić information content (AvgIpc) is 2.97. The first-order chi connectivity index (χ1) is 9.33. The molecule has 2 heterocycles. The molecule has 2 aromatic carbocycles. The first-order valence-electron chi connectivity index (χ1n) is 5.81. The lowest BCUT2D eigenvalue weighted by atomic mass is 10.2. The van der Waals surface area contributed by atoms with Crippen molar-refractivity contribution in [3.8, 4) is 11.4 Å².